The molecule has 0 aromatic heterocycles. The molecule has 0 amide bonds. The van der Waals surface area contributed by atoms with E-state index in [2.05, 4.69) is 5.16 Å². The number of oxime groups is 1. The van der Waals surface area contributed by atoms with Crippen LogP contribution in [-0.4, -0.2) is 21.8 Å². The molecule has 1 aromatic rings. The average molecular weight is 217 g/mol. The Kier molecular flexibility index (Phi) is 2.48. The number of benzene rings is 1. The van der Waals surface area contributed by atoms with Crippen molar-refractivity contribution in [3.63, 3.8) is 0 Å². The topological polar surface area (TPSA) is 69.9 Å². The van der Waals surface area contributed by atoms with E-state index in [9.17, 15) is 9.90 Å². The van der Waals surface area contributed by atoms with Crippen molar-refractivity contribution >= 4 is 17.3 Å². The Bertz CT molecular complexity index is 515. The first-order valence-electron chi connectivity index (χ1n) is 4.99. The first-order chi connectivity index (χ1) is 7.70. The number of carbonyl (C=O) groups is 1. The van der Waals surface area contributed by atoms with Gasteiger partial charge in [0.25, 0.3) is 0 Å². The van der Waals surface area contributed by atoms with E-state index >= 15 is 0 Å². The highest BCUT2D eigenvalue weighted by Gasteiger charge is 2.31. The number of allylic oxidation sites excluding steroid dienone is 1. The van der Waals surface area contributed by atoms with Gasteiger partial charge in [-0.2, -0.15) is 0 Å². The number of hydrogen-bond donors (Lipinski definition) is 2. The molecular weight excluding hydrogens is 206 g/mol. The highest BCUT2D eigenvalue weighted by Crippen LogP contribution is 2.31. The van der Waals surface area contributed by atoms with E-state index in [-0.39, 0.29) is 22.8 Å². The molecule has 0 saturated carbocycles. The van der Waals surface area contributed by atoms with Gasteiger partial charge in [-0.15, -0.1) is 0 Å². The highest BCUT2D eigenvalue weighted by atomic mass is 16.4. The molecule has 4 heteroatoms. The molecule has 82 valence electrons. The molecule has 0 atom stereocenters. The molecule has 1 aliphatic carbocycles. The summed E-state index contributed by atoms with van der Waals surface area (Å²) in [6.45, 7) is 1.76. The van der Waals surface area contributed by atoms with Crippen LogP contribution in [0.3, 0.4) is 0 Å². The average Bonchev–Trinajstić information content (AvgIpc) is 2.57. The van der Waals surface area contributed by atoms with Crippen LogP contribution < -0.4 is 0 Å². The van der Waals surface area contributed by atoms with Crippen LogP contribution in [0.4, 0.5) is 0 Å². The summed E-state index contributed by atoms with van der Waals surface area (Å²) in [6.07, 6.45) is 0.385. The van der Waals surface area contributed by atoms with Gasteiger partial charge in [0, 0.05) is 11.1 Å². The minimum Gasteiger partial charge on any atom is -0.506 e. The van der Waals surface area contributed by atoms with Gasteiger partial charge in [-0.25, -0.2) is 0 Å². The fourth-order valence-electron chi connectivity index (χ4n) is 1.83. The largest absolute Gasteiger partial charge is 0.506 e. The molecule has 2 N–H and O–H groups in total. The van der Waals surface area contributed by atoms with E-state index in [4.69, 9.17) is 5.21 Å². The number of nitrogens with zero attached hydrogens (tertiary/aromatic N) is 1. The van der Waals surface area contributed by atoms with E-state index in [1.54, 1.807) is 31.2 Å². The zero-order chi connectivity index (χ0) is 11.7. The van der Waals surface area contributed by atoms with Gasteiger partial charge in [0.15, 0.2) is 5.78 Å². The molecule has 1 aliphatic rings. The Morgan fingerprint density at radius 3 is 2.44 bits per heavy atom. The van der Waals surface area contributed by atoms with E-state index in [1.165, 1.54) is 0 Å². The van der Waals surface area contributed by atoms with Gasteiger partial charge in [0.1, 0.15) is 5.76 Å². The van der Waals surface area contributed by atoms with Crippen LogP contribution in [0.5, 0.6) is 0 Å². The normalized spacial score (nSPS) is 15.6. The van der Waals surface area contributed by atoms with Crippen molar-refractivity contribution in [2.45, 2.75) is 13.3 Å². The second-order valence-corrected chi connectivity index (χ2v) is 3.50. The number of rotatable bonds is 2. The molecule has 0 unspecified atom stereocenters. The molecule has 0 aliphatic heterocycles. The van der Waals surface area contributed by atoms with E-state index in [0.29, 0.717) is 17.5 Å². The Morgan fingerprint density at radius 1 is 1.31 bits per heavy atom. The van der Waals surface area contributed by atoms with Gasteiger partial charge in [-0.3, -0.25) is 4.79 Å². The lowest BCUT2D eigenvalue weighted by molar-refractivity contribution is 0.104. The second-order valence-electron chi connectivity index (χ2n) is 3.50. The summed E-state index contributed by atoms with van der Waals surface area (Å²) in [5, 5.41) is 21.8. The van der Waals surface area contributed by atoms with Crippen molar-refractivity contribution in [1.82, 2.24) is 0 Å². The molecule has 0 bridgehead atoms. The van der Waals surface area contributed by atoms with Gasteiger partial charge < -0.3 is 10.3 Å². The lowest BCUT2D eigenvalue weighted by atomic mass is 10.0. The van der Waals surface area contributed by atoms with E-state index in [1.807, 2.05) is 0 Å². The number of Topliss-reactive ketones (excluding diaryl/α,β-unsaturated/α-hetero) is 1. The molecular formula is C12H11NO3. The molecule has 16 heavy (non-hydrogen) atoms. The number of aliphatic hydroxyl groups is 1. The third-order valence-electron chi connectivity index (χ3n) is 2.63. The van der Waals surface area contributed by atoms with Crippen molar-refractivity contribution in [3.05, 3.63) is 41.0 Å². The standard InChI is InChI=1S/C12H11NO3/c1-2-9(13-16)10-11(14)7-5-3-4-6-8(7)12(10)15/h3-6,14,16H,2H2,1H3. The van der Waals surface area contributed by atoms with Gasteiger partial charge in [-0.1, -0.05) is 36.3 Å². The number of carbonyl (C=O) groups excluding carboxylic acids is 1. The first kappa shape index (κ1) is 10.4. The SMILES string of the molecule is CCC(=NO)C1=C(O)c2ccccc2C1=O. The van der Waals surface area contributed by atoms with Crippen molar-refractivity contribution in [1.29, 1.82) is 0 Å². The smallest absolute Gasteiger partial charge is 0.199 e. The van der Waals surface area contributed by atoms with Crippen LogP contribution in [0, 0.1) is 0 Å². The number of aliphatic hydroxyl groups excluding tert-OH is 1. The summed E-state index contributed by atoms with van der Waals surface area (Å²) in [7, 11) is 0. The Hall–Kier alpha value is -2.10. The minimum absolute atomic E-state index is 0.102. The maximum absolute atomic E-state index is 12.0. The van der Waals surface area contributed by atoms with E-state index < -0.39 is 0 Å². The van der Waals surface area contributed by atoms with Crippen LogP contribution in [-0.2, 0) is 0 Å². The van der Waals surface area contributed by atoms with Crippen LogP contribution in [0.2, 0.25) is 0 Å². The number of hydrogen-bond acceptors (Lipinski definition) is 4. The number of ketones is 1. The fraction of sp³-hybridized carbons (Fsp3) is 0.167. The van der Waals surface area contributed by atoms with E-state index in [0.717, 1.165) is 0 Å². The minimum atomic E-state index is -0.289. The maximum Gasteiger partial charge on any atom is 0.199 e. The summed E-state index contributed by atoms with van der Waals surface area (Å²) >= 11 is 0. The molecule has 0 saturated heterocycles. The zero-order valence-electron chi connectivity index (χ0n) is 8.77. The summed E-state index contributed by atoms with van der Waals surface area (Å²) in [5.41, 5.74) is 1.26. The Balaban J connectivity index is 2.61. The molecule has 1 aromatic carbocycles. The maximum atomic E-state index is 12.0. The summed E-state index contributed by atoms with van der Waals surface area (Å²) in [5.74, 6) is -0.391. The van der Waals surface area contributed by atoms with Crippen molar-refractivity contribution in [3.8, 4) is 0 Å². The predicted molar refractivity (Wildman–Crippen MR) is 59.8 cm³/mol. The summed E-state index contributed by atoms with van der Waals surface area (Å²) in [6, 6.07) is 6.79. The summed E-state index contributed by atoms with van der Waals surface area (Å²) in [4.78, 5) is 12.0. The van der Waals surface area contributed by atoms with Crippen LogP contribution >= 0.6 is 0 Å². The molecule has 4 nitrogen and oxygen atoms in total. The third kappa shape index (κ3) is 1.31. The number of fused-ring (bicyclic) bond motifs is 1. The second kappa shape index (κ2) is 3.81. The molecule has 0 radical (unpaired) electrons. The van der Waals surface area contributed by atoms with Crippen LogP contribution in [0.1, 0.15) is 29.3 Å². The third-order valence-corrected chi connectivity index (χ3v) is 2.63. The van der Waals surface area contributed by atoms with Gasteiger partial charge >= 0.3 is 0 Å². The van der Waals surface area contributed by atoms with Gasteiger partial charge in [-0.05, 0) is 6.42 Å². The van der Waals surface area contributed by atoms with Crippen LogP contribution in [0.15, 0.2) is 35.0 Å². The lowest BCUT2D eigenvalue weighted by Gasteiger charge is -2.00. The fourth-order valence-corrected chi connectivity index (χ4v) is 1.83. The van der Waals surface area contributed by atoms with Crippen LogP contribution in [0.25, 0.3) is 5.76 Å². The highest BCUT2D eigenvalue weighted by molar-refractivity contribution is 6.35. The molecule has 0 spiro atoms. The molecule has 0 fully saturated rings. The molecule has 0 heterocycles. The lowest BCUT2D eigenvalue weighted by Crippen LogP contribution is -2.09. The van der Waals surface area contributed by atoms with Crippen molar-refractivity contribution < 1.29 is 15.1 Å². The predicted octanol–water partition coefficient (Wildman–Crippen LogP) is 2.39. The molecule has 2 rings (SSSR count). The monoisotopic (exact) mass is 217 g/mol. The Morgan fingerprint density at radius 2 is 1.94 bits per heavy atom. The first-order valence-corrected chi connectivity index (χ1v) is 4.99. The quantitative estimate of drug-likeness (QED) is 0.454. The van der Waals surface area contributed by atoms with Gasteiger partial charge in [0.2, 0.25) is 0 Å². The van der Waals surface area contributed by atoms with Crippen molar-refractivity contribution in [2.24, 2.45) is 5.16 Å². The van der Waals surface area contributed by atoms with Gasteiger partial charge in [0.05, 0.1) is 11.3 Å². The summed E-state index contributed by atoms with van der Waals surface area (Å²) < 4.78 is 0. The zero-order valence-corrected chi connectivity index (χ0v) is 8.77. The Labute approximate surface area is 92.5 Å². The van der Waals surface area contributed by atoms with Crippen molar-refractivity contribution in [2.75, 3.05) is 0 Å².